The molecule has 0 aromatic heterocycles. The molecule has 20 heavy (non-hydrogen) atoms. The van der Waals surface area contributed by atoms with Crippen molar-refractivity contribution in [1.82, 2.24) is 4.90 Å². The first kappa shape index (κ1) is 14.4. The van der Waals surface area contributed by atoms with Gasteiger partial charge >= 0.3 is 5.97 Å². The lowest BCUT2D eigenvalue weighted by molar-refractivity contribution is -0.146. The number of aromatic hydroxyl groups is 1. The van der Waals surface area contributed by atoms with Gasteiger partial charge in [0.15, 0.2) is 0 Å². The number of hydrogen-bond acceptors (Lipinski definition) is 4. The lowest BCUT2D eigenvalue weighted by Gasteiger charge is -2.22. The van der Waals surface area contributed by atoms with Crippen LogP contribution in [0.5, 0.6) is 5.75 Å². The number of rotatable bonds is 3. The van der Waals surface area contributed by atoms with Crippen molar-refractivity contribution in [2.45, 2.75) is 26.3 Å². The molecule has 0 bridgehead atoms. The summed E-state index contributed by atoms with van der Waals surface area (Å²) in [6, 6.07) is 5.12. The molecule has 1 atom stereocenters. The Morgan fingerprint density at radius 1 is 1.45 bits per heavy atom. The SMILES string of the molecule is CCN1Cc2cc(O)ccc2C[C@@H](CC(=O)OC)C1=O. The molecule has 5 heteroatoms. The molecule has 0 radical (unpaired) electrons. The van der Waals surface area contributed by atoms with Crippen LogP contribution in [0.25, 0.3) is 0 Å². The fourth-order valence-corrected chi connectivity index (χ4v) is 2.56. The van der Waals surface area contributed by atoms with Gasteiger partial charge in [-0.2, -0.15) is 0 Å². The van der Waals surface area contributed by atoms with E-state index in [4.69, 9.17) is 0 Å². The Bertz CT molecular complexity index is 527. The molecule has 1 N–H and O–H groups in total. The monoisotopic (exact) mass is 277 g/mol. The zero-order valence-electron chi connectivity index (χ0n) is 11.8. The van der Waals surface area contributed by atoms with E-state index in [9.17, 15) is 14.7 Å². The van der Waals surface area contributed by atoms with Crippen LogP contribution in [0.15, 0.2) is 18.2 Å². The third-order valence-electron chi connectivity index (χ3n) is 3.70. The van der Waals surface area contributed by atoms with E-state index in [1.807, 2.05) is 13.0 Å². The van der Waals surface area contributed by atoms with E-state index in [2.05, 4.69) is 4.74 Å². The highest BCUT2D eigenvalue weighted by molar-refractivity contribution is 5.84. The summed E-state index contributed by atoms with van der Waals surface area (Å²) in [7, 11) is 1.33. The molecule has 1 aliphatic heterocycles. The standard InChI is InChI=1S/C15H19NO4/c1-3-16-9-12-7-13(17)5-4-10(12)6-11(15(16)19)8-14(18)20-2/h4-5,7,11,17H,3,6,8-9H2,1-2H3/t11-/m0/s1. The molecule has 0 fully saturated rings. The van der Waals surface area contributed by atoms with Crippen molar-refractivity contribution in [3.8, 4) is 5.75 Å². The molecule has 1 aromatic carbocycles. The van der Waals surface area contributed by atoms with Crippen LogP contribution in [0.3, 0.4) is 0 Å². The average molecular weight is 277 g/mol. The predicted octanol–water partition coefficient (Wildman–Crippen LogP) is 1.48. The lowest BCUT2D eigenvalue weighted by atomic mass is 9.94. The summed E-state index contributed by atoms with van der Waals surface area (Å²) >= 11 is 0. The zero-order chi connectivity index (χ0) is 14.7. The van der Waals surface area contributed by atoms with Crippen molar-refractivity contribution < 1.29 is 19.4 Å². The highest BCUT2D eigenvalue weighted by atomic mass is 16.5. The van der Waals surface area contributed by atoms with E-state index in [0.29, 0.717) is 19.5 Å². The van der Waals surface area contributed by atoms with E-state index in [-0.39, 0.29) is 24.0 Å². The molecule has 1 heterocycles. The Labute approximate surface area is 118 Å². The number of phenolic OH excluding ortho intramolecular Hbond substituents is 1. The van der Waals surface area contributed by atoms with Gasteiger partial charge in [-0.3, -0.25) is 9.59 Å². The molecule has 5 nitrogen and oxygen atoms in total. The van der Waals surface area contributed by atoms with E-state index >= 15 is 0 Å². The molecule has 0 saturated carbocycles. The number of fused-ring (bicyclic) bond motifs is 1. The molecular weight excluding hydrogens is 258 g/mol. The number of phenols is 1. The van der Waals surface area contributed by atoms with Crippen LogP contribution >= 0.6 is 0 Å². The number of carbonyl (C=O) groups excluding carboxylic acids is 2. The molecule has 1 aromatic rings. The number of benzene rings is 1. The Balaban J connectivity index is 2.32. The van der Waals surface area contributed by atoms with Crippen LogP contribution in [0, 0.1) is 5.92 Å². The highest BCUT2D eigenvalue weighted by Crippen LogP contribution is 2.27. The number of methoxy groups -OCH3 is 1. The maximum absolute atomic E-state index is 12.4. The topological polar surface area (TPSA) is 66.8 Å². The first-order chi connectivity index (χ1) is 9.55. The minimum absolute atomic E-state index is 0.0337. The fourth-order valence-electron chi connectivity index (χ4n) is 2.56. The quantitative estimate of drug-likeness (QED) is 0.850. The summed E-state index contributed by atoms with van der Waals surface area (Å²) in [4.78, 5) is 25.6. The maximum atomic E-state index is 12.4. The second-order valence-corrected chi connectivity index (χ2v) is 4.99. The van der Waals surface area contributed by atoms with Crippen molar-refractivity contribution in [3.63, 3.8) is 0 Å². The van der Waals surface area contributed by atoms with Gasteiger partial charge in [0, 0.05) is 13.1 Å². The van der Waals surface area contributed by atoms with Crippen molar-refractivity contribution in [3.05, 3.63) is 29.3 Å². The van der Waals surface area contributed by atoms with Crippen LogP contribution in [-0.4, -0.2) is 35.5 Å². The fraction of sp³-hybridized carbons (Fsp3) is 0.467. The molecule has 108 valence electrons. The predicted molar refractivity (Wildman–Crippen MR) is 73.0 cm³/mol. The average Bonchev–Trinajstić information content (AvgIpc) is 2.56. The summed E-state index contributed by atoms with van der Waals surface area (Å²) in [6.07, 6.45) is 0.589. The minimum atomic E-state index is -0.395. The maximum Gasteiger partial charge on any atom is 0.306 e. The Hall–Kier alpha value is -2.04. The number of nitrogens with zero attached hydrogens (tertiary/aromatic N) is 1. The molecule has 1 amide bonds. The molecule has 1 aliphatic rings. The van der Waals surface area contributed by atoms with E-state index in [1.165, 1.54) is 7.11 Å². The van der Waals surface area contributed by atoms with Gasteiger partial charge in [0.25, 0.3) is 0 Å². The summed E-state index contributed by atoms with van der Waals surface area (Å²) in [5.74, 6) is -0.609. The van der Waals surface area contributed by atoms with Crippen molar-refractivity contribution in [2.24, 2.45) is 5.92 Å². The largest absolute Gasteiger partial charge is 0.508 e. The number of carbonyl (C=O) groups is 2. The first-order valence-corrected chi connectivity index (χ1v) is 6.71. The van der Waals surface area contributed by atoms with Gasteiger partial charge in [-0.15, -0.1) is 0 Å². The molecule has 0 aliphatic carbocycles. The number of ether oxygens (including phenoxy) is 1. The summed E-state index contributed by atoms with van der Waals surface area (Å²) in [6.45, 7) is 2.95. The highest BCUT2D eigenvalue weighted by Gasteiger charge is 2.30. The van der Waals surface area contributed by atoms with E-state index < -0.39 is 5.92 Å². The van der Waals surface area contributed by atoms with Crippen molar-refractivity contribution in [2.75, 3.05) is 13.7 Å². The Kier molecular flexibility index (Phi) is 4.27. The van der Waals surface area contributed by atoms with Crippen molar-refractivity contribution in [1.29, 1.82) is 0 Å². The second-order valence-electron chi connectivity index (χ2n) is 4.99. The Morgan fingerprint density at radius 2 is 2.20 bits per heavy atom. The van der Waals surface area contributed by atoms with Crippen LogP contribution in [0.4, 0.5) is 0 Å². The normalized spacial score (nSPS) is 18.4. The number of hydrogen-bond donors (Lipinski definition) is 1. The summed E-state index contributed by atoms with van der Waals surface area (Å²) in [5, 5.41) is 9.58. The molecule has 0 spiro atoms. The van der Waals surface area contributed by atoms with Gasteiger partial charge in [0.2, 0.25) is 5.91 Å². The molecular formula is C15H19NO4. The zero-order valence-corrected chi connectivity index (χ0v) is 11.8. The van der Waals surface area contributed by atoms with Gasteiger partial charge in [-0.25, -0.2) is 0 Å². The van der Waals surface area contributed by atoms with Crippen LogP contribution in [0.2, 0.25) is 0 Å². The van der Waals surface area contributed by atoms with Gasteiger partial charge in [0.1, 0.15) is 5.75 Å². The van der Waals surface area contributed by atoms with Crippen LogP contribution in [0.1, 0.15) is 24.5 Å². The minimum Gasteiger partial charge on any atom is -0.508 e. The first-order valence-electron chi connectivity index (χ1n) is 6.71. The number of amides is 1. The summed E-state index contributed by atoms with van der Waals surface area (Å²) in [5.41, 5.74) is 1.94. The Morgan fingerprint density at radius 3 is 2.85 bits per heavy atom. The number of esters is 1. The third kappa shape index (κ3) is 2.92. The van der Waals surface area contributed by atoms with Crippen LogP contribution in [-0.2, 0) is 27.3 Å². The lowest BCUT2D eigenvalue weighted by Crippen LogP contribution is -2.35. The molecule has 0 saturated heterocycles. The van der Waals surface area contributed by atoms with E-state index in [1.54, 1.807) is 17.0 Å². The van der Waals surface area contributed by atoms with Crippen LogP contribution < -0.4 is 0 Å². The third-order valence-corrected chi connectivity index (χ3v) is 3.70. The van der Waals surface area contributed by atoms with Gasteiger partial charge in [-0.1, -0.05) is 6.07 Å². The van der Waals surface area contributed by atoms with Gasteiger partial charge in [0.05, 0.1) is 19.4 Å². The molecule has 2 rings (SSSR count). The smallest absolute Gasteiger partial charge is 0.306 e. The second kappa shape index (κ2) is 5.94. The van der Waals surface area contributed by atoms with Crippen molar-refractivity contribution >= 4 is 11.9 Å². The van der Waals surface area contributed by atoms with Gasteiger partial charge in [-0.05, 0) is 36.6 Å². The van der Waals surface area contributed by atoms with E-state index in [0.717, 1.165) is 11.1 Å². The van der Waals surface area contributed by atoms with Gasteiger partial charge < -0.3 is 14.7 Å². The summed E-state index contributed by atoms with van der Waals surface area (Å²) < 4.78 is 4.67. The molecule has 0 unspecified atom stereocenters.